The van der Waals surface area contributed by atoms with Gasteiger partial charge in [0.05, 0.1) is 17.9 Å². The first-order chi connectivity index (χ1) is 13.0. The van der Waals surface area contributed by atoms with Crippen LogP contribution in [0.5, 0.6) is 0 Å². The van der Waals surface area contributed by atoms with E-state index in [9.17, 15) is 14.9 Å². The van der Waals surface area contributed by atoms with Crippen molar-refractivity contribution in [1.82, 2.24) is 10.3 Å². The number of benzene rings is 1. The highest BCUT2D eigenvalue weighted by atomic mass is 16.7. The fraction of sp³-hybridized carbons (Fsp3) is 0.368. The Labute approximate surface area is 157 Å². The van der Waals surface area contributed by atoms with E-state index in [-0.39, 0.29) is 24.6 Å². The lowest BCUT2D eigenvalue weighted by Crippen LogP contribution is -2.45. The second kappa shape index (κ2) is 9.75. The standard InChI is InChI=1S/C19H23N3O5/c1-3-26-19(27-4-2,16-6-5-11-20-13-16)14-21-18(23)12-15-7-9-17(10-8-15)22(24)25/h5-11,13H,3-4,12,14H2,1-2H3,(H,21,23). The monoisotopic (exact) mass is 373 g/mol. The molecule has 0 atom stereocenters. The molecule has 0 aliphatic heterocycles. The van der Waals surface area contributed by atoms with E-state index in [1.165, 1.54) is 12.1 Å². The number of carbonyl (C=O) groups is 1. The summed E-state index contributed by atoms with van der Waals surface area (Å²) < 4.78 is 11.7. The molecule has 144 valence electrons. The predicted octanol–water partition coefficient (Wildman–Crippen LogP) is 2.57. The Morgan fingerprint density at radius 3 is 2.37 bits per heavy atom. The van der Waals surface area contributed by atoms with E-state index in [1.54, 1.807) is 30.6 Å². The van der Waals surface area contributed by atoms with Gasteiger partial charge in [-0.25, -0.2) is 0 Å². The van der Waals surface area contributed by atoms with Crippen LogP contribution in [0.4, 0.5) is 5.69 Å². The number of hydrogen-bond acceptors (Lipinski definition) is 6. The van der Waals surface area contributed by atoms with Crippen molar-refractivity contribution in [2.75, 3.05) is 19.8 Å². The molecule has 0 bridgehead atoms. The van der Waals surface area contributed by atoms with E-state index in [1.807, 2.05) is 19.9 Å². The van der Waals surface area contributed by atoms with Crippen LogP contribution in [0.3, 0.4) is 0 Å². The van der Waals surface area contributed by atoms with Crippen molar-refractivity contribution in [2.45, 2.75) is 26.1 Å². The number of rotatable bonds is 10. The van der Waals surface area contributed by atoms with Gasteiger partial charge in [0.1, 0.15) is 0 Å². The summed E-state index contributed by atoms with van der Waals surface area (Å²) in [6.45, 7) is 4.61. The highest BCUT2D eigenvalue weighted by Gasteiger charge is 2.34. The van der Waals surface area contributed by atoms with Crippen molar-refractivity contribution in [1.29, 1.82) is 0 Å². The molecule has 2 aromatic rings. The average Bonchev–Trinajstić information content (AvgIpc) is 2.67. The minimum Gasteiger partial charge on any atom is -0.350 e. The summed E-state index contributed by atoms with van der Waals surface area (Å²) >= 11 is 0. The number of nitro benzene ring substituents is 1. The van der Waals surface area contributed by atoms with E-state index in [0.717, 1.165) is 0 Å². The van der Waals surface area contributed by atoms with Crippen LogP contribution in [0, 0.1) is 10.1 Å². The Hall–Kier alpha value is -2.84. The zero-order valence-corrected chi connectivity index (χ0v) is 15.4. The maximum Gasteiger partial charge on any atom is 0.269 e. The van der Waals surface area contributed by atoms with Gasteiger partial charge in [-0.05, 0) is 25.5 Å². The number of nitrogens with zero attached hydrogens (tertiary/aromatic N) is 2. The van der Waals surface area contributed by atoms with Crippen LogP contribution in [0.1, 0.15) is 25.0 Å². The maximum absolute atomic E-state index is 12.3. The molecule has 0 aliphatic carbocycles. The highest BCUT2D eigenvalue weighted by Crippen LogP contribution is 2.26. The van der Waals surface area contributed by atoms with Crippen LogP contribution in [0.25, 0.3) is 0 Å². The number of ether oxygens (including phenoxy) is 2. The van der Waals surface area contributed by atoms with Crippen molar-refractivity contribution < 1.29 is 19.2 Å². The molecule has 0 aliphatic rings. The van der Waals surface area contributed by atoms with Crippen molar-refractivity contribution >= 4 is 11.6 Å². The van der Waals surface area contributed by atoms with Crippen LogP contribution in [0.2, 0.25) is 0 Å². The first-order valence-corrected chi connectivity index (χ1v) is 8.69. The van der Waals surface area contributed by atoms with Gasteiger partial charge in [0.2, 0.25) is 11.7 Å². The Kier molecular flexibility index (Phi) is 7.39. The molecular weight excluding hydrogens is 350 g/mol. The van der Waals surface area contributed by atoms with Gasteiger partial charge in [0.15, 0.2) is 0 Å². The number of hydrogen-bond donors (Lipinski definition) is 1. The van der Waals surface area contributed by atoms with Crippen LogP contribution in [0.15, 0.2) is 48.8 Å². The van der Waals surface area contributed by atoms with Gasteiger partial charge in [-0.1, -0.05) is 18.2 Å². The molecule has 0 saturated heterocycles. The molecule has 0 unspecified atom stereocenters. The van der Waals surface area contributed by atoms with Crippen molar-refractivity contribution in [3.8, 4) is 0 Å². The maximum atomic E-state index is 12.3. The second-order valence-corrected chi connectivity index (χ2v) is 5.74. The van der Waals surface area contributed by atoms with Crippen LogP contribution in [-0.4, -0.2) is 35.6 Å². The molecule has 0 saturated carbocycles. The molecule has 2 rings (SSSR count). The van der Waals surface area contributed by atoms with E-state index in [4.69, 9.17) is 9.47 Å². The third kappa shape index (κ3) is 5.57. The van der Waals surface area contributed by atoms with Gasteiger partial charge < -0.3 is 14.8 Å². The third-order valence-corrected chi connectivity index (χ3v) is 3.89. The van der Waals surface area contributed by atoms with E-state index in [0.29, 0.717) is 24.3 Å². The minimum atomic E-state index is -1.12. The molecule has 0 fully saturated rings. The number of carbonyl (C=O) groups excluding carboxylic acids is 1. The summed E-state index contributed by atoms with van der Waals surface area (Å²) in [5.74, 6) is -1.36. The summed E-state index contributed by atoms with van der Waals surface area (Å²) in [6.07, 6.45) is 3.40. The number of nitro groups is 1. The first kappa shape index (κ1) is 20.5. The molecule has 1 amide bonds. The van der Waals surface area contributed by atoms with E-state index in [2.05, 4.69) is 10.3 Å². The van der Waals surface area contributed by atoms with Crippen LogP contribution >= 0.6 is 0 Å². The number of aromatic nitrogens is 1. The van der Waals surface area contributed by atoms with Crippen LogP contribution in [-0.2, 0) is 26.5 Å². The van der Waals surface area contributed by atoms with E-state index >= 15 is 0 Å². The molecular formula is C19H23N3O5. The number of non-ortho nitro benzene ring substituents is 1. The topological polar surface area (TPSA) is 104 Å². The zero-order chi connectivity index (χ0) is 19.7. The van der Waals surface area contributed by atoms with Gasteiger partial charge in [-0.15, -0.1) is 0 Å². The molecule has 8 nitrogen and oxygen atoms in total. The van der Waals surface area contributed by atoms with Gasteiger partial charge in [-0.2, -0.15) is 0 Å². The van der Waals surface area contributed by atoms with E-state index < -0.39 is 10.7 Å². The summed E-state index contributed by atoms with van der Waals surface area (Å²) in [4.78, 5) is 26.7. The van der Waals surface area contributed by atoms with Gasteiger partial charge in [-0.3, -0.25) is 19.9 Å². The first-order valence-electron chi connectivity index (χ1n) is 8.69. The molecule has 0 radical (unpaired) electrons. The Morgan fingerprint density at radius 2 is 1.85 bits per heavy atom. The van der Waals surface area contributed by atoms with Crippen molar-refractivity contribution in [3.05, 3.63) is 70.0 Å². The molecule has 8 heteroatoms. The highest BCUT2D eigenvalue weighted by molar-refractivity contribution is 5.78. The second-order valence-electron chi connectivity index (χ2n) is 5.74. The summed E-state index contributed by atoms with van der Waals surface area (Å²) in [5, 5.41) is 13.5. The molecule has 1 N–H and O–H groups in total. The summed E-state index contributed by atoms with van der Waals surface area (Å²) in [6, 6.07) is 9.50. The molecule has 1 aromatic heterocycles. The summed E-state index contributed by atoms with van der Waals surface area (Å²) in [7, 11) is 0. The summed E-state index contributed by atoms with van der Waals surface area (Å²) in [5.41, 5.74) is 1.38. The zero-order valence-electron chi connectivity index (χ0n) is 15.4. The van der Waals surface area contributed by atoms with Crippen molar-refractivity contribution in [3.63, 3.8) is 0 Å². The molecule has 0 spiro atoms. The Balaban J connectivity index is 2.07. The van der Waals surface area contributed by atoms with Crippen LogP contribution < -0.4 is 5.32 Å². The van der Waals surface area contributed by atoms with Gasteiger partial charge in [0, 0.05) is 43.3 Å². The van der Waals surface area contributed by atoms with Gasteiger partial charge >= 0.3 is 0 Å². The average molecular weight is 373 g/mol. The number of pyridine rings is 1. The largest absolute Gasteiger partial charge is 0.350 e. The molecule has 1 aromatic carbocycles. The smallest absolute Gasteiger partial charge is 0.269 e. The molecule has 1 heterocycles. The normalized spacial score (nSPS) is 11.2. The Morgan fingerprint density at radius 1 is 1.19 bits per heavy atom. The quantitative estimate of drug-likeness (QED) is 0.390. The lowest BCUT2D eigenvalue weighted by Gasteiger charge is -2.33. The Bertz CT molecular complexity index is 744. The predicted molar refractivity (Wildman–Crippen MR) is 99.0 cm³/mol. The molecule has 27 heavy (non-hydrogen) atoms. The third-order valence-electron chi connectivity index (χ3n) is 3.89. The lowest BCUT2D eigenvalue weighted by molar-refractivity contribution is -0.384. The minimum absolute atomic E-state index is 0.0116. The van der Waals surface area contributed by atoms with Crippen molar-refractivity contribution in [2.24, 2.45) is 0 Å². The van der Waals surface area contributed by atoms with Gasteiger partial charge in [0.25, 0.3) is 5.69 Å². The lowest BCUT2D eigenvalue weighted by atomic mass is 10.1. The fourth-order valence-electron chi connectivity index (χ4n) is 2.67. The fourth-order valence-corrected chi connectivity index (χ4v) is 2.67. The number of nitrogens with one attached hydrogen (secondary N) is 1. The SMILES string of the molecule is CCOC(CNC(=O)Cc1ccc([N+](=O)[O-])cc1)(OCC)c1cccnc1. The number of amides is 1.